The molecule has 18 heavy (non-hydrogen) atoms. The number of imidazole rings is 2. The van der Waals surface area contributed by atoms with Crippen molar-refractivity contribution in [1.82, 2.24) is 19.9 Å². The smallest absolute Gasteiger partial charge is 0.323 e. The molecule has 0 aliphatic carbocycles. The Bertz CT molecular complexity index is 734. The van der Waals surface area contributed by atoms with Crippen LogP contribution in [0.4, 0.5) is 5.95 Å². The molecule has 0 spiro atoms. The maximum absolute atomic E-state index is 11.7. The van der Waals surface area contributed by atoms with Gasteiger partial charge in [0, 0.05) is 6.20 Å². The molecule has 0 fully saturated rings. The molecule has 90 valence electrons. The fourth-order valence-electron chi connectivity index (χ4n) is 1.64. The third kappa shape index (κ3) is 1.77. The Morgan fingerprint density at radius 3 is 2.78 bits per heavy atom. The van der Waals surface area contributed by atoms with Crippen LogP contribution in [0.3, 0.4) is 0 Å². The molecule has 0 saturated carbocycles. The molecule has 0 aliphatic rings. The average molecular weight is 243 g/mol. The van der Waals surface area contributed by atoms with Gasteiger partial charge in [0.1, 0.15) is 5.69 Å². The molecule has 3 aromatic rings. The third-order valence-corrected chi connectivity index (χ3v) is 2.46. The number of hydrogen-bond acceptors (Lipinski definition) is 3. The number of carbonyl (C=O) groups excluding carboxylic acids is 1. The van der Waals surface area contributed by atoms with E-state index in [1.807, 2.05) is 24.3 Å². The Kier molecular flexibility index (Phi) is 2.23. The molecule has 1 aromatic carbocycles. The van der Waals surface area contributed by atoms with E-state index in [1.54, 1.807) is 0 Å². The topological polar surface area (TPSA) is 106 Å². The molecular weight excluding hydrogens is 234 g/mol. The van der Waals surface area contributed by atoms with Gasteiger partial charge < -0.3 is 15.0 Å². The molecular formula is C11H9N5O2. The Hall–Kier alpha value is -2.83. The molecule has 3 rings (SSSR count). The molecule has 2 aromatic heterocycles. The fraction of sp³-hybridized carbons (Fsp3) is 0. The van der Waals surface area contributed by atoms with E-state index in [1.165, 1.54) is 6.20 Å². The van der Waals surface area contributed by atoms with Crippen molar-refractivity contribution in [2.24, 2.45) is 0 Å². The van der Waals surface area contributed by atoms with Crippen LogP contribution in [0.1, 0.15) is 10.5 Å². The number of nitrogens with zero attached hydrogens (tertiary/aromatic N) is 1. The minimum absolute atomic E-state index is 0.153. The Morgan fingerprint density at radius 1 is 1.22 bits per heavy atom. The lowest BCUT2D eigenvalue weighted by Gasteiger charge is -1.97. The minimum Gasteiger partial charge on any atom is -0.324 e. The summed E-state index contributed by atoms with van der Waals surface area (Å²) in [7, 11) is 0. The zero-order valence-corrected chi connectivity index (χ0v) is 9.15. The van der Waals surface area contributed by atoms with Gasteiger partial charge in [0.05, 0.1) is 11.0 Å². The first-order valence-corrected chi connectivity index (χ1v) is 5.26. The third-order valence-electron chi connectivity index (χ3n) is 2.46. The van der Waals surface area contributed by atoms with E-state index in [4.69, 9.17) is 0 Å². The van der Waals surface area contributed by atoms with Crippen LogP contribution in [-0.4, -0.2) is 25.8 Å². The summed E-state index contributed by atoms with van der Waals surface area (Å²) in [5.74, 6) is -0.101. The van der Waals surface area contributed by atoms with Crippen LogP contribution in [0.25, 0.3) is 11.0 Å². The summed E-state index contributed by atoms with van der Waals surface area (Å²) in [6.07, 6.45) is 1.31. The van der Waals surface area contributed by atoms with Gasteiger partial charge in [-0.2, -0.15) is 0 Å². The van der Waals surface area contributed by atoms with Crippen LogP contribution in [0.2, 0.25) is 0 Å². The zero-order valence-electron chi connectivity index (χ0n) is 9.15. The van der Waals surface area contributed by atoms with Crippen LogP contribution in [0.5, 0.6) is 0 Å². The van der Waals surface area contributed by atoms with Crippen molar-refractivity contribution in [3.8, 4) is 0 Å². The van der Waals surface area contributed by atoms with Crippen molar-refractivity contribution in [2.75, 3.05) is 5.32 Å². The molecule has 4 N–H and O–H groups in total. The number of fused-ring (bicyclic) bond motifs is 1. The number of hydrogen-bond donors (Lipinski definition) is 4. The van der Waals surface area contributed by atoms with Gasteiger partial charge in [0.15, 0.2) is 0 Å². The number of rotatable bonds is 2. The highest BCUT2D eigenvalue weighted by molar-refractivity contribution is 6.02. The quantitative estimate of drug-likeness (QED) is 0.535. The number of benzene rings is 1. The van der Waals surface area contributed by atoms with Crippen LogP contribution < -0.4 is 11.0 Å². The molecule has 2 heterocycles. The van der Waals surface area contributed by atoms with Gasteiger partial charge in [-0.25, -0.2) is 9.78 Å². The zero-order chi connectivity index (χ0) is 12.5. The second kappa shape index (κ2) is 3.88. The number of para-hydroxylation sites is 2. The first-order chi connectivity index (χ1) is 8.72. The summed E-state index contributed by atoms with van der Waals surface area (Å²) in [6, 6.07) is 7.42. The Labute approximate surface area is 100 Å². The van der Waals surface area contributed by atoms with Crippen molar-refractivity contribution in [1.29, 1.82) is 0 Å². The molecule has 0 aliphatic heterocycles. The standard InChI is InChI=1S/C11H9N5O2/c17-9(8-5-12-11(18)15-8)16-10-13-6-3-1-2-4-7(6)14-10/h1-5H,(H2,12,15,18)(H2,13,14,16,17). The van der Waals surface area contributed by atoms with E-state index >= 15 is 0 Å². The average Bonchev–Trinajstić information content (AvgIpc) is 2.94. The fourth-order valence-corrected chi connectivity index (χ4v) is 1.64. The van der Waals surface area contributed by atoms with Gasteiger partial charge in [0.2, 0.25) is 5.95 Å². The van der Waals surface area contributed by atoms with Crippen LogP contribution in [0, 0.1) is 0 Å². The van der Waals surface area contributed by atoms with Gasteiger partial charge in [-0.1, -0.05) is 12.1 Å². The number of anilines is 1. The van der Waals surface area contributed by atoms with E-state index in [9.17, 15) is 9.59 Å². The summed E-state index contributed by atoms with van der Waals surface area (Å²) in [6.45, 7) is 0. The van der Waals surface area contributed by atoms with E-state index < -0.39 is 11.6 Å². The van der Waals surface area contributed by atoms with Crippen molar-refractivity contribution < 1.29 is 4.79 Å². The summed E-state index contributed by atoms with van der Waals surface area (Å²) >= 11 is 0. The Balaban J connectivity index is 1.88. The number of H-pyrrole nitrogens is 3. The number of carbonyl (C=O) groups is 1. The summed E-state index contributed by atoms with van der Waals surface area (Å²) < 4.78 is 0. The molecule has 0 bridgehead atoms. The minimum atomic E-state index is -0.438. The van der Waals surface area contributed by atoms with Gasteiger partial charge in [-0.3, -0.25) is 10.1 Å². The second-order valence-electron chi connectivity index (χ2n) is 3.71. The van der Waals surface area contributed by atoms with E-state index in [0.717, 1.165) is 11.0 Å². The highest BCUT2D eigenvalue weighted by atomic mass is 16.2. The van der Waals surface area contributed by atoms with E-state index in [0.29, 0.717) is 5.95 Å². The lowest BCUT2D eigenvalue weighted by atomic mass is 10.3. The SMILES string of the molecule is O=C(Nc1nc2ccccc2[nH]1)c1c[nH]c(=O)[nH]1. The lowest BCUT2D eigenvalue weighted by Crippen LogP contribution is -2.14. The molecule has 7 heteroatoms. The number of aromatic amines is 3. The van der Waals surface area contributed by atoms with Crippen LogP contribution in [-0.2, 0) is 0 Å². The first-order valence-electron chi connectivity index (χ1n) is 5.26. The second-order valence-corrected chi connectivity index (χ2v) is 3.71. The van der Waals surface area contributed by atoms with Crippen molar-refractivity contribution in [3.05, 3.63) is 46.6 Å². The molecule has 7 nitrogen and oxygen atoms in total. The lowest BCUT2D eigenvalue weighted by molar-refractivity contribution is 0.102. The highest BCUT2D eigenvalue weighted by Gasteiger charge is 2.10. The molecule has 1 amide bonds. The van der Waals surface area contributed by atoms with E-state index in [2.05, 4.69) is 25.3 Å². The van der Waals surface area contributed by atoms with Gasteiger partial charge in [-0.05, 0) is 12.1 Å². The number of aromatic nitrogens is 4. The maximum Gasteiger partial charge on any atom is 0.323 e. The van der Waals surface area contributed by atoms with Crippen molar-refractivity contribution in [3.63, 3.8) is 0 Å². The van der Waals surface area contributed by atoms with E-state index in [-0.39, 0.29) is 5.69 Å². The Morgan fingerprint density at radius 2 is 2.06 bits per heavy atom. The monoisotopic (exact) mass is 243 g/mol. The molecule has 0 unspecified atom stereocenters. The van der Waals surface area contributed by atoms with Crippen molar-refractivity contribution in [2.45, 2.75) is 0 Å². The van der Waals surface area contributed by atoms with Gasteiger partial charge in [-0.15, -0.1) is 0 Å². The normalized spacial score (nSPS) is 10.7. The van der Waals surface area contributed by atoms with Crippen LogP contribution >= 0.6 is 0 Å². The summed E-state index contributed by atoms with van der Waals surface area (Å²) in [4.78, 5) is 34.5. The summed E-state index contributed by atoms with van der Waals surface area (Å²) in [5.41, 5.74) is 1.32. The number of amides is 1. The highest BCUT2D eigenvalue weighted by Crippen LogP contribution is 2.13. The predicted octanol–water partition coefficient (Wildman–Crippen LogP) is 0.832. The largest absolute Gasteiger partial charge is 0.324 e. The summed E-state index contributed by atoms with van der Waals surface area (Å²) in [5, 5.41) is 2.57. The number of nitrogens with one attached hydrogen (secondary N) is 4. The van der Waals surface area contributed by atoms with Gasteiger partial charge in [0.25, 0.3) is 5.91 Å². The molecule has 0 atom stereocenters. The van der Waals surface area contributed by atoms with Crippen LogP contribution in [0.15, 0.2) is 35.3 Å². The molecule has 0 saturated heterocycles. The first kappa shape index (κ1) is 10.3. The van der Waals surface area contributed by atoms with Gasteiger partial charge >= 0.3 is 5.69 Å². The molecule has 0 radical (unpaired) electrons. The van der Waals surface area contributed by atoms with Crippen molar-refractivity contribution >= 4 is 22.9 Å². The predicted molar refractivity (Wildman–Crippen MR) is 65.5 cm³/mol. The maximum atomic E-state index is 11.7.